The van der Waals surface area contributed by atoms with Crippen LogP contribution in [0.5, 0.6) is 0 Å². The largest absolute Gasteiger partial charge is 0.481 e. The monoisotopic (exact) mass is 297 g/mol. The summed E-state index contributed by atoms with van der Waals surface area (Å²) in [7, 11) is 0. The van der Waals surface area contributed by atoms with Crippen molar-refractivity contribution in [3.05, 3.63) is 0 Å². The van der Waals surface area contributed by atoms with Crippen molar-refractivity contribution in [1.82, 2.24) is 15.1 Å². The van der Waals surface area contributed by atoms with Gasteiger partial charge >= 0.3 is 12.0 Å². The number of piperazine rings is 1. The molecule has 2 N–H and O–H groups in total. The van der Waals surface area contributed by atoms with Crippen LogP contribution in [0.4, 0.5) is 4.79 Å². The second-order valence-electron chi connectivity index (χ2n) is 6.53. The first-order valence-electron chi connectivity index (χ1n) is 7.35. The minimum Gasteiger partial charge on any atom is -0.481 e. The van der Waals surface area contributed by atoms with Gasteiger partial charge in [0.15, 0.2) is 0 Å². The predicted molar refractivity (Wildman–Crippen MR) is 75.7 cm³/mol. The van der Waals surface area contributed by atoms with Gasteiger partial charge in [-0.15, -0.1) is 0 Å². The summed E-state index contributed by atoms with van der Waals surface area (Å²) in [6, 6.07) is -1.12. The molecule has 2 saturated heterocycles. The van der Waals surface area contributed by atoms with E-state index in [4.69, 9.17) is 5.11 Å². The first kappa shape index (κ1) is 15.6. The number of carbonyl (C=O) groups is 3. The Morgan fingerprint density at radius 3 is 2.48 bits per heavy atom. The van der Waals surface area contributed by atoms with E-state index in [2.05, 4.69) is 19.2 Å². The molecule has 0 radical (unpaired) electrons. The number of likely N-dealkylation sites (tertiary alicyclic amines) is 1. The van der Waals surface area contributed by atoms with Gasteiger partial charge in [0.2, 0.25) is 5.91 Å². The highest BCUT2D eigenvalue weighted by Gasteiger charge is 2.38. The Kier molecular flexibility index (Phi) is 4.39. The molecule has 0 aliphatic carbocycles. The average molecular weight is 297 g/mol. The third-order valence-electron chi connectivity index (χ3n) is 4.33. The van der Waals surface area contributed by atoms with E-state index >= 15 is 0 Å². The van der Waals surface area contributed by atoms with Crippen molar-refractivity contribution in [1.29, 1.82) is 0 Å². The lowest BCUT2D eigenvalue weighted by atomic mass is 9.83. The Hall–Kier alpha value is -1.79. The van der Waals surface area contributed by atoms with Gasteiger partial charge < -0.3 is 20.2 Å². The van der Waals surface area contributed by atoms with Gasteiger partial charge in [0, 0.05) is 26.2 Å². The fourth-order valence-electron chi connectivity index (χ4n) is 2.80. The van der Waals surface area contributed by atoms with Crippen LogP contribution in [0.1, 0.15) is 33.1 Å². The number of urea groups is 1. The number of carboxylic acid groups (broad SMARTS) is 1. The SMILES string of the molecule is CC1(C)CCN(C(=O)N2CCNC(=O)C2CC(=O)O)CC1. The van der Waals surface area contributed by atoms with Crippen LogP contribution in [0.3, 0.4) is 0 Å². The maximum atomic E-state index is 12.6. The van der Waals surface area contributed by atoms with E-state index in [-0.39, 0.29) is 23.8 Å². The van der Waals surface area contributed by atoms with Crippen molar-refractivity contribution in [3.8, 4) is 0 Å². The Balaban J connectivity index is 2.05. The number of nitrogens with zero attached hydrogens (tertiary/aromatic N) is 2. The highest BCUT2D eigenvalue weighted by molar-refractivity contribution is 5.91. The quantitative estimate of drug-likeness (QED) is 0.777. The van der Waals surface area contributed by atoms with Crippen molar-refractivity contribution in [3.63, 3.8) is 0 Å². The molecule has 0 spiro atoms. The van der Waals surface area contributed by atoms with Crippen LogP contribution in [0.25, 0.3) is 0 Å². The minimum absolute atomic E-state index is 0.216. The van der Waals surface area contributed by atoms with E-state index in [0.29, 0.717) is 26.2 Å². The molecule has 3 amide bonds. The maximum Gasteiger partial charge on any atom is 0.320 e. The lowest BCUT2D eigenvalue weighted by Crippen LogP contribution is -2.61. The molecule has 2 rings (SSSR count). The number of hydrogen-bond acceptors (Lipinski definition) is 3. The van der Waals surface area contributed by atoms with Gasteiger partial charge in [-0.3, -0.25) is 9.59 Å². The second-order valence-corrected chi connectivity index (χ2v) is 6.53. The average Bonchev–Trinajstić information content (AvgIpc) is 2.40. The molecular weight excluding hydrogens is 274 g/mol. The maximum absolute atomic E-state index is 12.6. The Morgan fingerprint density at radius 2 is 1.90 bits per heavy atom. The third-order valence-corrected chi connectivity index (χ3v) is 4.33. The van der Waals surface area contributed by atoms with Crippen LogP contribution in [0.2, 0.25) is 0 Å². The molecule has 2 heterocycles. The molecule has 0 aromatic heterocycles. The van der Waals surface area contributed by atoms with Gasteiger partial charge in [-0.05, 0) is 18.3 Å². The van der Waals surface area contributed by atoms with Crippen molar-refractivity contribution < 1.29 is 19.5 Å². The molecule has 118 valence electrons. The van der Waals surface area contributed by atoms with E-state index in [1.165, 1.54) is 4.90 Å². The Labute approximate surface area is 124 Å². The number of hydrogen-bond donors (Lipinski definition) is 2. The molecule has 0 bridgehead atoms. The molecule has 7 nitrogen and oxygen atoms in total. The standard InChI is InChI=1S/C14H23N3O4/c1-14(2)3-6-16(7-4-14)13(21)17-8-5-15-12(20)10(17)9-11(18)19/h10H,3-9H2,1-2H3,(H,15,20)(H,18,19). The van der Waals surface area contributed by atoms with Crippen LogP contribution in [-0.2, 0) is 9.59 Å². The summed E-state index contributed by atoms with van der Waals surface area (Å²) >= 11 is 0. The smallest absolute Gasteiger partial charge is 0.320 e. The van der Waals surface area contributed by atoms with Crippen LogP contribution in [-0.4, -0.2) is 65.0 Å². The lowest BCUT2D eigenvalue weighted by Gasteiger charge is -2.42. The Bertz CT molecular complexity index is 440. The zero-order valence-electron chi connectivity index (χ0n) is 12.6. The summed E-state index contributed by atoms with van der Waals surface area (Å²) in [5.41, 5.74) is 0.233. The van der Waals surface area contributed by atoms with E-state index in [1.807, 2.05) is 0 Å². The topological polar surface area (TPSA) is 90.0 Å². The summed E-state index contributed by atoms with van der Waals surface area (Å²) in [4.78, 5) is 38.5. The lowest BCUT2D eigenvalue weighted by molar-refractivity contribution is -0.142. The molecular formula is C14H23N3O4. The minimum atomic E-state index is -1.07. The number of rotatable bonds is 2. The van der Waals surface area contributed by atoms with Crippen molar-refractivity contribution in [2.75, 3.05) is 26.2 Å². The third kappa shape index (κ3) is 3.65. The summed E-state index contributed by atoms with van der Waals surface area (Å²) in [5, 5.41) is 11.6. The number of amides is 3. The van der Waals surface area contributed by atoms with E-state index in [9.17, 15) is 14.4 Å². The highest BCUT2D eigenvalue weighted by Crippen LogP contribution is 2.30. The van der Waals surface area contributed by atoms with Crippen LogP contribution in [0, 0.1) is 5.41 Å². The van der Waals surface area contributed by atoms with Crippen molar-refractivity contribution in [2.45, 2.75) is 39.2 Å². The molecule has 2 fully saturated rings. The van der Waals surface area contributed by atoms with Gasteiger partial charge in [-0.1, -0.05) is 13.8 Å². The molecule has 2 aliphatic rings. The van der Waals surface area contributed by atoms with Gasteiger partial charge in [-0.25, -0.2) is 4.79 Å². The molecule has 1 atom stereocenters. The van der Waals surface area contributed by atoms with E-state index in [0.717, 1.165) is 12.8 Å². The molecule has 1 unspecified atom stereocenters. The number of aliphatic carboxylic acids is 1. The number of carbonyl (C=O) groups excluding carboxylic acids is 2. The predicted octanol–water partition coefficient (Wildman–Crippen LogP) is 0.504. The molecule has 0 aromatic rings. The van der Waals surface area contributed by atoms with Crippen molar-refractivity contribution >= 4 is 17.9 Å². The zero-order chi connectivity index (χ0) is 15.6. The van der Waals surface area contributed by atoms with Gasteiger partial charge in [0.05, 0.1) is 6.42 Å². The first-order chi connectivity index (χ1) is 9.80. The molecule has 0 aromatic carbocycles. The number of carboxylic acids is 1. The fraction of sp³-hybridized carbons (Fsp3) is 0.786. The van der Waals surface area contributed by atoms with Gasteiger partial charge in [0.1, 0.15) is 6.04 Å². The normalized spacial score (nSPS) is 25.4. The number of piperidine rings is 1. The summed E-state index contributed by atoms with van der Waals surface area (Å²) in [6.45, 7) is 6.41. The van der Waals surface area contributed by atoms with Crippen LogP contribution >= 0.6 is 0 Å². The van der Waals surface area contributed by atoms with Crippen LogP contribution in [0.15, 0.2) is 0 Å². The Morgan fingerprint density at radius 1 is 1.29 bits per heavy atom. The van der Waals surface area contributed by atoms with Gasteiger partial charge in [0.25, 0.3) is 0 Å². The number of nitrogens with one attached hydrogen (secondary N) is 1. The van der Waals surface area contributed by atoms with Crippen molar-refractivity contribution in [2.24, 2.45) is 5.41 Å². The van der Waals surface area contributed by atoms with E-state index in [1.54, 1.807) is 4.90 Å². The van der Waals surface area contributed by atoms with Crippen LogP contribution < -0.4 is 5.32 Å². The van der Waals surface area contributed by atoms with E-state index < -0.39 is 12.0 Å². The summed E-state index contributed by atoms with van der Waals surface area (Å²) in [5.74, 6) is -1.45. The fourth-order valence-corrected chi connectivity index (χ4v) is 2.80. The van der Waals surface area contributed by atoms with Gasteiger partial charge in [-0.2, -0.15) is 0 Å². The second kappa shape index (κ2) is 5.91. The molecule has 2 aliphatic heterocycles. The summed E-state index contributed by atoms with van der Waals surface area (Å²) in [6.07, 6.45) is 1.49. The highest BCUT2D eigenvalue weighted by atomic mass is 16.4. The summed E-state index contributed by atoms with van der Waals surface area (Å²) < 4.78 is 0. The molecule has 0 saturated carbocycles. The molecule has 7 heteroatoms. The first-order valence-corrected chi connectivity index (χ1v) is 7.35. The molecule has 21 heavy (non-hydrogen) atoms. The zero-order valence-corrected chi connectivity index (χ0v) is 12.6.